The summed E-state index contributed by atoms with van der Waals surface area (Å²) in [6.45, 7) is 4.27. The zero-order chi connectivity index (χ0) is 15.2. The van der Waals surface area contributed by atoms with Gasteiger partial charge in [0, 0.05) is 0 Å². The van der Waals surface area contributed by atoms with Gasteiger partial charge in [-0.25, -0.2) is 10.1 Å². The number of aromatic nitrogens is 2. The summed E-state index contributed by atoms with van der Waals surface area (Å²) in [7, 11) is 0. The second kappa shape index (κ2) is 6.65. The average Bonchev–Trinajstić information content (AvgIpc) is 2.85. The number of nitrogens with one attached hydrogen (secondary N) is 1. The number of carbonyl (C=O) groups excluding carboxylic acids is 1. The number of anilines is 1. The molecule has 0 saturated carbocycles. The minimum absolute atomic E-state index is 0.0288. The highest BCUT2D eigenvalue weighted by atomic mass is 16.6. The maximum absolute atomic E-state index is 11.6. The molecule has 1 aromatic heterocycles. The van der Waals surface area contributed by atoms with E-state index < -0.39 is 0 Å². The van der Waals surface area contributed by atoms with Crippen LogP contribution in [-0.4, -0.2) is 22.4 Å². The third-order valence-corrected chi connectivity index (χ3v) is 2.92. The molecule has 0 spiro atoms. The number of nitrogens with two attached hydrogens (primary N) is 1. The first-order valence-electron chi connectivity index (χ1n) is 6.55. The number of hydrogen-bond donors (Lipinski definition) is 2. The molecule has 0 aliphatic heterocycles. The zero-order valence-corrected chi connectivity index (χ0v) is 11.9. The molecule has 21 heavy (non-hydrogen) atoms. The van der Waals surface area contributed by atoms with Gasteiger partial charge in [-0.05, 0) is 22.2 Å². The Kier molecular flexibility index (Phi) is 4.65. The van der Waals surface area contributed by atoms with E-state index in [1.807, 2.05) is 24.3 Å². The minimum atomic E-state index is -0.340. The van der Waals surface area contributed by atoms with Crippen LogP contribution in [0.5, 0.6) is 0 Å². The second-order valence-electron chi connectivity index (χ2n) is 4.89. The van der Waals surface area contributed by atoms with E-state index in [1.54, 1.807) is 6.21 Å². The summed E-state index contributed by atoms with van der Waals surface area (Å²) >= 11 is 0. The molecule has 0 atom stereocenters. The van der Waals surface area contributed by atoms with Crippen LogP contribution >= 0.6 is 0 Å². The molecule has 7 nitrogen and oxygen atoms in total. The van der Waals surface area contributed by atoms with Crippen molar-refractivity contribution in [1.29, 1.82) is 0 Å². The lowest BCUT2D eigenvalue weighted by molar-refractivity contribution is -0.120. The Morgan fingerprint density at radius 3 is 2.67 bits per heavy atom. The molecular formula is C14H17N5O2. The largest absolute Gasteiger partial charge is 0.379 e. The van der Waals surface area contributed by atoms with Crippen LogP contribution in [-0.2, 0) is 11.2 Å². The Hall–Kier alpha value is -2.70. The summed E-state index contributed by atoms with van der Waals surface area (Å²) in [5, 5.41) is 10.8. The summed E-state index contributed by atoms with van der Waals surface area (Å²) in [4.78, 5) is 11.6. The van der Waals surface area contributed by atoms with E-state index in [0.29, 0.717) is 11.6 Å². The van der Waals surface area contributed by atoms with Gasteiger partial charge in [0.1, 0.15) is 5.69 Å². The topological polar surface area (TPSA) is 106 Å². The van der Waals surface area contributed by atoms with E-state index in [1.165, 1.54) is 5.56 Å². The molecule has 0 radical (unpaired) electrons. The van der Waals surface area contributed by atoms with E-state index in [2.05, 4.69) is 39.3 Å². The van der Waals surface area contributed by atoms with Crippen LogP contribution in [0.15, 0.2) is 34.0 Å². The van der Waals surface area contributed by atoms with Gasteiger partial charge < -0.3 is 5.73 Å². The van der Waals surface area contributed by atoms with Crippen molar-refractivity contribution in [2.75, 3.05) is 5.73 Å². The molecular weight excluding hydrogens is 270 g/mol. The molecule has 110 valence electrons. The molecule has 7 heteroatoms. The SMILES string of the molecule is CC(C)c1ccc(/C=N/NC(=O)Cc2nonc2N)cc1. The van der Waals surface area contributed by atoms with Crippen molar-refractivity contribution in [2.24, 2.45) is 5.10 Å². The molecule has 2 rings (SSSR count). The lowest BCUT2D eigenvalue weighted by Crippen LogP contribution is -2.20. The Bertz CT molecular complexity index is 631. The zero-order valence-electron chi connectivity index (χ0n) is 11.9. The monoisotopic (exact) mass is 287 g/mol. The molecule has 0 bridgehead atoms. The fourth-order valence-corrected chi connectivity index (χ4v) is 1.67. The number of hydrogen-bond acceptors (Lipinski definition) is 6. The van der Waals surface area contributed by atoms with Crippen molar-refractivity contribution >= 4 is 17.9 Å². The van der Waals surface area contributed by atoms with Gasteiger partial charge in [-0.15, -0.1) is 0 Å². The quantitative estimate of drug-likeness (QED) is 0.639. The van der Waals surface area contributed by atoms with Gasteiger partial charge in [0.15, 0.2) is 5.82 Å². The van der Waals surface area contributed by atoms with Crippen LogP contribution in [0.1, 0.15) is 36.6 Å². The molecule has 0 aliphatic carbocycles. The third kappa shape index (κ3) is 4.13. The van der Waals surface area contributed by atoms with Gasteiger partial charge in [0.2, 0.25) is 5.91 Å². The fourth-order valence-electron chi connectivity index (χ4n) is 1.67. The average molecular weight is 287 g/mol. The van der Waals surface area contributed by atoms with Crippen molar-refractivity contribution < 1.29 is 9.42 Å². The van der Waals surface area contributed by atoms with Crippen molar-refractivity contribution in [2.45, 2.75) is 26.2 Å². The highest BCUT2D eigenvalue weighted by Gasteiger charge is 2.10. The Morgan fingerprint density at radius 1 is 1.38 bits per heavy atom. The molecule has 0 saturated heterocycles. The maximum Gasteiger partial charge on any atom is 0.246 e. The number of nitrogens with zero attached hydrogens (tertiary/aromatic N) is 3. The van der Waals surface area contributed by atoms with Crippen molar-refractivity contribution in [3.8, 4) is 0 Å². The lowest BCUT2D eigenvalue weighted by atomic mass is 10.0. The first-order valence-corrected chi connectivity index (χ1v) is 6.55. The van der Waals surface area contributed by atoms with Crippen LogP contribution in [0.2, 0.25) is 0 Å². The van der Waals surface area contributed by atoms with E-state index in [9.17, 15) is 4.79 Å². The molecule has 1 amide bonds. The number of amides is 1. The van der Waals surface area contributed by atoms with Crippen molar-refractivity contribution in [3.05, 3.63) is 41.1 Å². The molecule has 0 unspecified atom stereocenters. The van der Waals surface area contributed by atoms with E-state index in [4.69, 9.17) is 5.73 Å². The molecule has 0 fully saturated rings. The summed E-state index contributed by atoms with van der Waals surface area (Å²) < 4.78 is 4.41. The Morgan fingerprint density at radius 2 is 2.10 bits per heavy atom. The summed E-state index contributed by atoms with van der Waals surface area (Å²) in [6.07, 6.45) is 1.55. The molecule has 0 aliphatic rings. The van der Waals surface area contributed by atoms with E-state index in [0.717, 1.165) is 5.56 Å². The number of hydrazone groups is 1. The van der Waals surface area contributed by atoms with Gasteiger partial charge in [0.05, 0.1) is 12.6 Å². The number of rotatable bonds is 5. The third-order valence-electron chi connectivity index (χ3n) is 2.92. The van der Waals surface area contributed by atoms with Crippen LogP contribution < -0.4 is 11.2 Å². The molecule has 1 aromatic carbocycles. The fraction of sp³-hybridized carbons (Fsp3) is 0.286. The second-order valence-corrected chi connectivity index (χ2v) is 4.89. The van der Waals surface area contributed by atoms with Crippen LogP contribution in [0, 0.1) is 0 Å². The predicted molar refractivity (Wildman–Crippen MR) is 78.7 cm³/mol. The molecule has 1 heterocycles. The first kappa shape index (κ1) is 14.7. The van der Waals surface area contributed by atoms with E-state index in [-0.39, 0.29) is 18.1 Å². The van der Waals surface area contributed by atoms with E-state index >= 15 is 0 Å². The predicted octanol–water partition coefficient (Wildman–Crippen LogP) is 1.47. The van der Waals surface area contributed by atoms with Crippen LogP contribution in [0.3, 0.4) is 0 Å². The van der Waals surface area contributed by atoms with Crippen molar-refractivity contribution in [3.63, 3.8) is 0 Å². The molecule has 2 aromatic rings. The highest BCUT2D eigenvalue weighted by Crippen LogP contribution is 2.13. The number of carbonyl (C=O) groups is 1. The lowest BCUT2D eigenvalue weighted by Gasteiger charge is -2.04. The standard InChI is InChI=1S/C14H17N5O2/c1-9(2)11-5-3-10(4-6-11)8-16-17-13(20)7-12-14(15)19-21-18-12/h3-6,8-9H,7H2,1-2H3,(H2,15,19)(H,17,20)/b16-8+. The summed E-state index contributed by atoms with van der Waals surface area (Å²) in [5.41, 5.74) is 10.3. The smallest absolute Gasteiger partial charge is 0.246 e. The molecule has 3 N–H and O–H groups in total. The first-order chi connectivity index (χ1) is 10.1. The number of nitrogen functional groups attached to an aromatic ring is 1. The van der Waals surface area contributed by atoms with Gasteiger partial charge in [-0.3, -0.25) is 4.79 Å². The van der Waals surface area contributed by atoms with Gasteiger partial charge in [-0.1, -0.05) is 43.3 Å². The maximum atomic E-state index is 11.6. The normalized spacial score (nSPS) is 11.2. The van der Waals surface area contributed by atoms with Crippen molar-refractivity contribution in [1.82, 2.24) is 15.7 Å². The Labute approximate surface area is 122 Å². The van der Waals surface area contributed by atoms with Gasteiger partial charge in [0.25, 0.3) is 0 Å². The number of benzene rings is 1. The van der Waals surface area contributed by atoms with Crippen LogP contribution in [0.25, 0.3) is 0 Å². The van der Waals surface area contributed by atoms with Gasteiger partial charge in [-0.2, -0.15) is 5.10 Å². The minimum Gasteiger partial charge on any atom is -0.379 e. The Balaban J connectivity index is 1.87. The highest BCUT2D eigenvalue weighted by molar-refractivity contribution is 5.83. The van der Waals surface area contributed by atoms with Gasteiger partial charge >= 0.3 is 0 Å². The van der Waals surface area contributed by atoms with Crippen LogP contribution in [0.4, 0.5) is 5.82 Å². The summed E-state index contributed by atoms with van der Waals surface area (Å²) in [5.74, 6) is 0.253. The summed E-state index contributed by atoms with van der Waals surface area (Å²) in [6, 6.07) is 7.97.